The average molecular weight is 1110 g/mol. The van der Waals surface area contributed by atoms with Crippen molar-refractivity contribution in [3.05, 3.63) is 24.3 Å². The highest BCUT2D eigenvalue weighted by Gasteiger charge is 2.47. The zero-order chi connectivity index (χ0) is 58.0. The first-order valence-corrected chi connectivity index (χ1v) is 23.4. The van der Waals surface area contributed by atoms with Crippen LogP contribution in [-0.4, -0.2) is 142 Å². The third-order valence-corrected chi connectivity index (χ3v) is 9.43. The van der Waals surface area contributed by atoms with Gasteiger partial charge in [0.2, 0.25) is 0 Å². The van der Waals surface area contributed by atoms with Gasteiger partial charge in [-0.2, -0.15) is 43.9 Å². The summed E-state index contributed by atoms with van der Waals surface area (Å²) in [6, 6.07) is 0. The van der Waals surface area contributed by atoms with Crippen molar-refractivity contribution < 1.29 is 122 Å². The van der Waals surface area contributed by atoms with E-state index in [9.17, 15) is 77.5 Å². The van der Waals surface area contributed by atoms with Crippen LogP contribution in [0.25, 0.3) is 0 Å². The number of carbonyl (C=O) groups is 7. The summed E-state index contributed by atoms with van der Waals surface area (Å²) in [6.07, 6.45) is -7.99. The second-order valence-corrected chi connectivity index (χ2v) is 16.5. The molecular weight excluding hydrogens is 1030 g/mol. The van der Waals surface area contributed by atoms with Crippen LogP contribution < -0.4 is 0 Å². The smallest absolute Gasteiger partial charge is 0.377 e. The minimum absolute atomic E-state index is 0.0502. The van der Waals surface area contributed by atoms with Crippen LogP contribution in [0.1, 0.15) is 145 Å². The van der Waals surface area contributed by atoms with Crippen molar-refractivity contribution in [1.29, 1.82) is 0 Å². The van der Waals surface area contributed by atoms with E-state index in [0.29, 0.717) is 32.1 Å². The number of carboxylic acid groups (broad SMARTS) is 1. The molecule has 0 amide bonds. The van der Waals surface area contributed by atoms with E-state index in [1.54, 1.807) is 34.6 Å². The molecule has 16 nitrogen and oxygen atoms in total. The monoisotopic (exact) mass is 1100 g/mol. The van der Waals surface area contributed by atoms with Crippen LogP contribution in [0.4, 0.5) is 43.9 Å². The molecule has 0 aromatic heterocycles. The molecule has 0 saturated heterocycles. The van der Waals surface area contributed by atoms with Gasteiger partial charge < -0.3 is 44.1 Å². The number of hydrogen-bond donors (Lipinski definition) is 4. The topological polar surface area (TPSA) is 247 Å². The van der Waals surface area contributed by atoms with Gasteiger partial charge in [0.1, 0.15) is 19.3 Å². The number of carbonyl (C=O) groups excluding carboxylic acids is 6. The maximum Gasteiger partial charge on any atom is 0.377 e. The lowest BCUT2D eigenvalue weighted by molar-refractivity contribution is -0.203. The Bertz CT molecular complexity index is 1670. The number of carboxylic acids is 1. The summed E-state index contributed by atoms with van der Waals surface area (Å²) in [4.78, 5) is 79.0. The van der Waals surface area contributed by atoms with Gasteiger partial charge in [-0.1, -0.05) is 79.9 Å². The summed E-state index contributed by atoms with van der Waals surface area (Å²) in [7, 11) is 0. The maximum absolute atomic E-state index is 14.3. The third-order valence-electron chi connectivity index (χ3n) is 9.16. The molecule has 27 heteroatoms. The fraction of sp³-hybridized carbons (Fsp3) is 0.761. The molecule has 428 valence electrons. The number of unbranched alkanes of at least 4 members (excludes halogenated alkanes) is 5. The normalized spacial score (nSPS) is 13.3. The van der Waals surface area contributed by atoms with E-state index in [1.807, 2.05) is 0 Å². The summed E-state index contributed by atoms with van der Waals surface area (Å²) in [5.74, 6) is -29.2. The maximum atomic E-state index is 14.3. The fourth-order valence-electron chi connectivity index (χ4n) is 4.52. The van der Waals surface area contributed by atoms with Gasteiger partial charge in [-0.3, -0.25) is 4.79 Å². The summed E-state index contributed by atoms with van der Waals surface area (Å²) in [5.41, 5.74) is -0.116. The number of alkyl halides is 10. The van der Waals surface area contributed by atoms with Crippen molar-refractivity contribution in [3.63, 3.8) is 0 Å². The number of halogens is 11. The van der Waals surface area contributed by atoms with Crippen LogP contribution in [0.3, 0.4) is 0 Å². The van der Waals surface area contributed by atoms with Crippen LogP contribution in [0, 0.1) is 0 Å². The SMILES string of the molecule is C=C(C)C(=O)OC(CO)C(O)CO.C=C(C)C(=O)OC(COC(=O)C(F)(F)CCCC)C(COC(=O)C(F)(F)CCCC)OC(=O)C(F)(F)CCCC.CCCCC(F)(F)C(=O)Cl.CCCCC(F)(F)C(=O)O. The zero-order valence-electron chi connectivity index (χ0n) is 42.0. The lowest BCUT2D eigenvalue weighted by Crippen LogP contribution is -2.47. The van der Waals surface area contributed by atoms with Crippen LogP contribution in [0.5, 0.6) is 0 Å². The Kier molecular flexibility index (Phi) is 39.1. The summed E-state index contributed by atoms with van der Waals surface area (Å²) in [6.45, 7) is 13.7. The van der Waals surface area contributed by atoms with Crippen molar-refractivity contribution in [2.24, 2.45) is 0 Å². The molecule has 0 spiro atoms. The van der Waals surface area contributed by atoms with Gasteiger partial charge in [0, 0.05) is 43.3 Å². The van der Waals surface area contributed by atoms with Crippen LogP contribution in [0.15, 0.2) is 24.3 Å². The first-order valence-electron chi connectivity index (χ1n) is 23.0. The molecule has 4 N–H and O–H groups in total. The van der Waals surface area contributed by atoms with Crippen LogP contribution in [-0.2, 0) is 57.2 Å². The van der Waals surface area contributed by atoms with Crippen molar-refractivity contribution >= 4 is 52.7 Å². The minimum Gasteiger partial charge on any atom is -0.477 e. The minimum atomic E-state index is -4.09. The highest BCUT2D eigenvalue weighted by molar-refractivity contribution is 6.65. The lowest BCUT2D eigenvalue weighted by atomic mass is 10.1. The van der Waals surface area contributed by atoms with Gasteiger partial charge in [-0.05, 0) is 57.6 Å². The zero-order valence-corrected chi connectivity index (χ0v) is 42.8. The number of aliphatic carboxylic acids is 1. The molecule has 0 saturated carbocycles. The van der Waals surface area contributed by atoms with Gasteiger partial charge in [0.25, 0.3) is 5.24 Å². The number of rotatable bonds is 33. The van der Waals surface area contributed by atoms with E-state index < -0.39 is 154 Å². The quantitative estimate of drug-likeness (QED) is 0.0157. The fourth-order valence-corrected chi connectivity index (χ4v) is 4.62. The van der Waals surface area contributed by atoms with Gasteiger partial charge in [-0.25, -0.2) is 28.8 Å². The first-order chi connectivity index (χ1) is 33.5. The molecule has 0 rings (SSSR count). The van der Waals surface area contributed by atoms with Crippen LogP contribution in [0.2, 0.25) is 0 Å². The highest BCUT2D eigenvalue weighted by atomic mass is 35.5. The molecular formula is C46H71ClF10O16. The average Bonchev–Trinajstić information content (AvgIpc) is 3.32. The van der Waals surface area contributed by atoms with Crippen molar-refractivity contribution in [2.75, 3.05) is 26.4 Å². The van der Waals surface area contributed by atoms with E-state index in [-0.39, 0.29) is 43.3 Å². The highest BCUT2D eigenvalue weighted by Crippen LogP contribution is 2.28. The first kappa shape index (κ1) is 75.0. The second-order valence-electron chi connectivity index (χ2n) is 16.1. The Hall–Kier alpha value is -4.56. The Labute approximate surface area is 423 Å². The summed E-state index contributed by atoms with van der Waals surface area (Å²) in [5, 5.41) is 32.6. The molecule has 4 atom stereocenters. The molecule has 73 heavy (non-hydrogen) atoms. The predicted molar refractivity (Wildman–Crippen MR) is 242 cm³/mol. The van der Waals surface area contributed by atoms with Gasteiger partial charge in [0.15, 0.2) is 18.3 Å². The molecule has 0 aromatic carbocycles. The summed E-state index contributed by atoms with van der Waals surface area (Å²) < 4.78 is 157. The van der Waals surface area contributed by atoms with Crippen molar-refractivity contribution in [1.82, 2.24) is 0 Å². The molecule has 0 aliphatic rings. The van der Waals surface area contributed by atoms with E-state index in [0.717, 1.165) is 6.92 Å². The molecule has 0 heterocycles. The molecule has 0 aliphatic carbocycles. The van der Waals surface area contributed by atoms with Crippen LogP contribution >= 0.6 is 11.6 Å². The number of esters is 5. The molecule has 0 radical (unpaired) electrons. The number of ether oxygens (including phenoxy) is 5. The summed E-state index contributed by atoms with van der Waals surface area (Å²) >= 11 is 4.62. The van der Waals surface area contributed by atoms with E-state index >= 15 is 0 Å². The van der Waals surface area contributed by atoms with Crippen molar-refractivity contribution in [2.45, 2.75) is 199 Å². The Morgan fingerprint density at radius 3 is 1.04 bits per heavy atom. The number of hydrogen-bond acceptors (Lipinski definition) is 15. The van der Waals surface area contributed by atoms with E-state index in [4.69, 9.17) is 25.2 Å². The van der Waals surface area contributed by atoms with E-state index in [2.05, 4.69) is 43.7 Å². The molecule has 0 aliphatic heterocycles. The van der Waals surface area contributed by atoms with Gasteiger partial charge in [-0.15, -0.1) is 0 Å². The van der Waals surface area contributed by atoms with Crippen molar-refractivity contribution in [3.8, 4) is 0 Å². The van der Waals surface area contributed by atoms with E-state index in [1.165, 1.54) is 6.92 Å². The molecule has 0 bridgehead atoms. The Balaban J connectivity index is -0.000000575. The lowest BCUT2D eigenvalue weighted by Gasteiger charge is -2.29. The predicted octanol–water partition coefficient (Wildman–Crippen LogP) is 9.24. The molecule has 0 aromatic rings. The molecule has 0 fully saturated rings. The number of aliphatic hydroxyl groups is 3. The third kappa shape index (κ3) is 33.8. The standard InChI is InChI=1S/C26H38F6O8.C8H14O5.C6H9ClF2O.C6H10F2O2/c1-6-9-12-24(27,28)21(34)37-15-18(39-20(33)17(4)5)19(40-23(36)26(31,32)14-11-8-3)16-38-22(35)25(29,30)13-10-7-2;1-5(2)8(12)13-7(4-10)6(11)3-9;1-2-3-4-6(8,9)5(7)10;1-2-3-4-6(7,8)5(9)10/h18-19H,4,6-16H2,1-3,5H3;6-7,9-11H,1,3-4H2,2H3;2-4H2,1H3;2-4H2,1H3,(H,9,10). The Morgan fingerprint density at radius 2 is 0.767 bits per heavy atom. The van der Waals surface area contributed by atoms with Gasteiger partial charge >= 0.3 is 65.4 Å². The van der Waals surface area contributed by atoms with Gasteiger partial charge in [0.05, 0.1) is 13.2 Å². The second kappa shape index (κ2) is 38.1. The molecule has 4 unspecified atom stereocenters. The largest absolute Gasteiger partial charge is 0.477 e. The number of aliphatic hydroxyl groups excluding tert-OH is 3. The Morgan fingerprint density at radius 1 is 0.479 bits per heavy atom.